The van der Waals surface area contributed by atoms with E-state index in [2.05, 4.69) is 39.8 Å². The predicted octanol–water partition coefficient (Wildman–Crippen LogP) is 2.67. The van der Waals surface area contributed by atoms with E-state index < -0.39 is 11.8 Å². The molecule has 0 saturated carbocycles. The Hall–Kier alpha value is -3.06. The minimum absolute atomic E-state index is 0.379. The van der Waals surface area contributed by atoms with Gasteiger partial charge in [-0.3, -0.25) is 14.5 Å². The van der Waals surface area contributed by atoms with Crippen molar-refractivity contribution in [3.63, 3.8) is 0 Å². The van der Waals surface area contributed by atoms with Crippen molar-refractivity contribution in [2.75, 3.05) is 39.2 Å². The van der Waals surface area contributed by atoms with Gasteiger partial charge in [-0.2, -0.15) is 0 Å². The van der Waals surface area contributed by atoms with Gasteiger partial charge in [-0.1, -0.05) is 30.3 Å². The molecule has 30 heavy (non-hydrogen) atoms. The summed E-state index contributed by atoms with van der Waals surface area (Å²) in [6.07, 6.45) is 2.00. The highest BCUT2D eigenvalue weighted by Crippen LogP contribution is 2.28. The van der Waals surface area contributed by atoms with Gasteiger partial charge in [-0.05, 0) is 49.5 Å². The molecular formula is C23H29N3O4. The number of benzene rings is 2. The maximum Gasteiger partial charge on any atom is 0.313 e. The molecule has 7 nitrogen and oxygen atoms in total. The maximum absolute atomic E-state index is 12.2. The first kappa shape index (κ1) is 21.6. The molecule has 0 unspecified atom stereocenters. The smallest absolute Gasteiger partial charge is 0.313 e. The normalized spacial score (nSPS) is 14.7. The third-order valence-electron chi connectivity index (χ3n) is 5.37. The number of nitrogens with one attached hydrogen (secondary N) is 2. The van der Waals surface area contributed by atoms with Crippen molar-refractivity contribution in [1.29, 1.82) is 0 Å². The number of rotatable bonds is 7. The molecule has 0 bridgehead atoms. The number of anilines is 1. The molecule has 3 rings (SSSR count). The number of nitrogens with zero attached hydrogens (tertiary/aromatic N) is 1. The van der Waals surface area contributed by atoms with Crippen molar-refractivity contribution in [2.24, 2.45) is 5.92 Å². The highest BCUT2D eigenvalue weighted by Gasteiger charge is 2.22. The Bertz CT molecular complexity index is 849. The monoisotopic (exact) mass is 411 g/mol. The minimum atomic E-state index is -0.708. The van der Waals surface area contributed by atoms with Gasteiger partial charge in [0.2, 0.25) is 0 Å². The Balaban J connectivity index is 1.42. The summed E-state index contributed by atoms with van der Waals surface area (Å²) < 4.78 is 10.4. The van der Waals surface area contributed by atoms with Crippen LogP contribution in [0.2, 0.25) is 0 Å². The summed E-state index contributed by atoms with van der Waals surface area (Å²) in [5, 5.41) is 5.36. The Morgan fingerprint density at radius 2 is 1.73 bits per heavy atom. The molecule has 1 aliphatic rings. The summed E-state index contributed by atoms with van der Waals surface area (Å²) in [6, 6.07) is 15.4. The second-order valence-electron chi connectivity index (χ2n) is 7.44. The van der Waals surface area contributed by atoms with Crippen molar-refractivity contribution in [2.45, 2.75) is 19.4 Å². The van der Waals surface area contributed by atoms with E-state index in [1.54, 1.807) is 25.3 Å². The highest BCUT2D eigenvalue weighted by atomic mass is 16.5. The molecule has 1 aliphatic heterocycles. The molecule has 2 amide bonds. The van der Waals surface area contributed by atoms with Crippen LogP contribution >= 0.6 is 0 Å². The zero-order valence-electron chi connectivity index (χ0n) is 17.5. The lowest BCUT2D eigenvalue weighted by Gasteiger charge is -2.32. The fourth-order valence-electron chi connectivity index (χ4n) is 3.59. The Kier molecular flexibility index (Phi) is 7.68. The van der Waals surface area contributed by atoms with Gasteiger partial charge in [0, 0.05) is 19.2 Å². The number of carbonyl (C=O) groups is 2. The second kappa shape index (κ2) is 10.6. The SMILES string of the molecule is COc1ccc(NC(=O)C(=O)NCC2CCN(Cc3ccccc3)CC2)c(OC)c1. The molecule has 0 aromatic heterocycles. The van der Waals surface area contributed by atoms with Crippen LogP contribution in [-0.2, 0) is 16.1 Å². The van der Waals surface area contributed by atoms with Crippen LogP contribution in [0.5, 0.6) is 11.5 Å². The third kappa shape index (κ3) is 5.97. The van der Waals surface area contributed by atoms with Gasteiger partial charge < -0.3 is 20.1 Å². The van der Waals surface area contributed by atoms with Crippen LogP contribution in [0, 0.1) is 5.92 Å². The van der Waals surface area contributed by atoms with Crippen LogP contribution in [-0.4, -0.2) is 50.6 Å². The van der Waals surface area contributed by atoms with E-state index in [0.717, 1.165) is 32.5 Å². The predicted molar refractivity (Wildman–Crippen MR) is 116 cm³/mol. The van der Waals surface area contributed by atoms with Crippen molar-refractivity contribution < 1.29 is 19.1 Å². The third-order valence-corrected chi connectivity index (χ3v) is 5.37. The molecule has 2 aromatic carbocycles. The molecule has 0 atom stereocenters. The van der Waals surface area contributed by atoms with Gasteiger partial charge in [0.05, 0.1) is 19.9 Å². The molecule has 7 heteroatoms. The molecular weight excluding hydrogens is 382 g/mol. The molecule has 160 valence electrons. The maximum atomic E-state index is 12.2. The van der Waals surface area contributed by atoms with Gasteiger partial charge in [-0.25, -0.2) is 0 Å². The van der Waals surface area contributed by atoms with Gasteiger partial charge in [0.1, 0.15) is 11.5 Å². The van der Waals surface area contributed by atoms with Crippen LogP contribution in [0.4, 0.5) is 5.69 Å². The molecule has 1 saturated heterocycles. The number of likely N-dealkylation sites (tertiary alicyclic amines) is 1. The van der Waals surface area contributed by atoms with Crippen LogP contribution < -0.4 is 20.1 Å². The Morgan fingerprint density at radius 3 is 2.40 bits per heavy atom. The van der Waals surface area contributed by atoms with Gasteiger partial charge >= 0.3 is 11.8 Å². The summed E-state index contributed by atoms with van der Waals surface area (Å²) in [5.41, 5.74) is 1.74. The number of carbonyl (C=O) groups excluding carboxylic acids is 2. The van der Waals surface area contributed by atoms with Crippen LogP contribution in [0.1, 0.15) is 18.4 Å². The lowest BCUT2D eigenvalue weighted by molar-refractivity contribution is -0.136. The lowest BCUT2D eigenvalue weighted by atomic mass is 9.96. The fraction of sp³-hybridized carbons (Fsp3) is 0.391. The zero-order chi connectivity index (χ0) is 21.3. The van der Waals surface area contributed by atoms with Crippen molar-refractivity contribution in [3.05, 3.63) is 54.1 Å². The molecule has 2 N–H and O–H groups in total. The van der Waals surface area contributed by atoms with E-state index >= 15 is 0 Å². The van der Waals surface area contributed by atoms with Crippen molar-refractivity contribution in [3.8, 4) is 11.5 Å². The van der Waals surface area contributed by atoms with E-state index in [1.165, 1.54) is 12.7 Å². The average Bonchev–Trinajstić information content (AvgIpc) is 2.79. The number of piperidine rings is 1. The summed E-state index contributed by atoms with van der Waals surface area (Å²) in [4.78, 5) is 26.9. The van der Waals surface area contributed by atoms with Crippen LogP contribution in [0.3, 0.4) is 0 Å². The second-order valence-corrected chi connectivity index (χ2v) is 7.44. The van der Waals surface area contributed by atoms with E-state index in [4.69, 9.17) is 9.47 Å². The minimum Gasteiger partial charge on any atom is -0.497 e. The van der Waals surface area contributed by atoms with E-state index in [9.17, 15) is 9.59 Å². The molecule has 0 spiro atoms. The number of ether oxygens (including phenoxy) is 2. The van der Waals surface area contributed by atoms with E-state index in [0.29, 0.717) is 29.6 Å². The number of hydrogen-bond donors (Lipinski definition) is 2. The summed E-state index contributed by atoms with van der Waals surface area (Å²) in [5.74, 6) is 0.0676. The summed E-state index contributed by atoms with van der Waals surface area (Å²) >= 11 is 0. The molecule has 1 fully saturated rings. The topological polar surface area (TPSA) is 79.9 Å². The summed E-state index contributed by atoms with van der Waals surface area (Å²) in [6.45, 7) is 3.44. The number of hydrogen-bond acceptors (Lipinski definition) is 5. The lowest BCUT2D eigenvalue weighted by Crippen LogP contribution is -2.41. The standard InChI is InChI=1S/C23H29N3O4/c1-29-19-8-9-20(21(14-19)30-2)25-23(28)22(27)24-15-17-10-12-26(13-11-17)16-18-6-4-3-5-7-18/h3-9,14,17H,10-13,15-16H2,1-2H3,(H,24,27)(H,25,28). The zero-order valence-corrected chi connectivity index (χ0v) is 17.5. The Labute approximate surface area is 177 Å². The first-order valence-corrected chi connectivity index (χ1v) is 10.2. The number of amides is 2. The molecule has 1 heterocycles. The van der Waals surface area contributed by atoms with Crippen molar-refractivity contribution >= 4 is 17.5 Å². The average molecular weight is 412 g/mol. The Morgan fingerprint density at radius 1 is 1.00 bits per heavy atom. The van der Waals surface area contributed by atoms with Gasteiger partial charge in [0.25, 0.3) is 0 Å². The molecule has 0 aliphatic carbocycles. The van der Waals surface area contributed by atoms with E-state index in [1.807, 2.05) is 6.07 Å². The van der Waals surface area contributed by atoms with Crippen LogP contribution in [0.15, 0.2) is 48.5 Å². The molecule has 2 aromatic rings. The first-order chi connectivity index (χ1) is 14.6. The van der Waals surface area contributed by atoms with Crippen LogP contribution in [0.25, 0.3) is 0 Å². The molecule has 0 radical (unpaired) electrons. The van der Waals surface area contributed by atoms with Gasteiger partial charge in [0.15, 0.2) is 0 Å². The fourth-order valence-corrected chi connectivity index (χ4v) is 3.59. The van der Waals surface area contributed by atoms with E-state index in [-0.39, 0.29) is 0 Å². The largest absolute Gasteiger partial charge is 0.497 e. The highest BCUT2D eigenvalue weighted by molar-refractivity contribution is 6.39. The summed E-state index contributed by atoms with van der Waals surface area (Å²) in [7, 11) is 3.04. The quantitative estimate of drug-likeness (QED) is 0.685. The number of methoxy groups -OCH3 is 2. The van der Waals surface area contributed by atoms with Crippen molar-refractivity contribution in [1.82, 2.24) is 10.2 Å². The van der Waals surface area contributed by atoms with Gasteiger partial charge in [-0.15, -0.1) is 0 Å². The first-order valence-electron chi connectivity index (χ1n) is 10.2.